The van der Waals surface area contributed by atoms with Crippen LogP contribution in [-0.4, -0.2) is 35.2 Å². The highest BCUT2D eigenvalue weighted by atomic mass is 32.1. The molecule has 0 saturated heterocycles. The number of aromatic nitrogens is 2. The van der Waals surface area contributed by atoms with Crippen molar-refractivity contribution < 1.29 is 23.5 Å². The molecule has 0 radical (unpaired) electrons. The van der Waals surface area contributed by atoms with Gasteiger partial charge < -0.3 is 19.2 Å². The number of rotatable bonds is 7. The number of hydrogen-bond acceptors (Lipinski definition) is 9. The Morgan fingerprint density at radius 1 is 1.29 bits per heavy atom. The van der Waals surface area contributed by atoms with E-state index in [1.807, 2.05) is 6.92 Å². The van der Waals surface area contributed by atoms with Crippen molar-refractivity contribution in [3.05, 3.63) is 45.9 Å². The van der Waals surface area contributed by atoms with Gasteiger partial charge in [0.1, 0.15) is 11.3 Å². The molecule has 0 fully saturated rings. The summed E-state index contributed by atoms with van der Waals surface area (Å²) in [6.07, 6.45) is 1.66. The van der Waals surface area contributed by atoms with Crippen molar-refractivity contribution >= 4 is 39.4 Å². The van der Waals surface area contributed by atoms with Gasteiger partial charge in [0.15, 0.2) is 11.6 Å². The number of methoxy groups -OCH3 is 1. The lowest BCUT2D eigenvalue weighted by atomic mass is 10.1. The average molecular weight is 403 g/mol. The number of nitrogens with one attached hydrogen (secondary N) is 1. The minimum atomic E-state index is -0.697. The van der Waals surface area contributed by atoms with E-state index in [1.54, 1.807) is 18.2 Å². The lowest BCUT2D eigenvalue weighted by Crippen LogP contribution is -2.21. The van der Waals surface area contributed by atoms with Crippen LogP contribution in [0.25, 0.3) is 11.0 Å². The monoisotopic (exact) mass is 403 g/mol. The molecule has 2 aromatic heterocycles. The quantitative estimate of drug-likeness (QED) is 0.472. The normalized spacial score (nSPS) is 10.6. The van der Waals surface area contributed by atoms with Crippen molar-refractivity contribution in [1.29, 1.82) is 0 Å². The lowest BCUT2D eigenvalue weighted by molar-refractivity contribution is -0.118. The molecular formula is C18H17N3O6S. The number of carbonyl (C=O) groups is 2. The lowest BCUT2D eigenvalue weighted by Gasteiger charge is -2.08. The zero-order chi connectivity index (χ0) is 20.1. The summed E-state index contributed by atoms with van der Waals surface area (Å²) < 4.78 is 18.9. The number of nitrogens with zero attached hydrogens (tertiary/aromatic N) is 2. The minimum absolute atomic E-state index is 0.0724. The molecule has 1 N–H and O–H groups in total. The van der Waals surface area contributed by atoms with Gasteiger partial charge in [-0.3, -0.25) is 4.79 Å². The van der Waals surface area contributed by atoms with Crippen LogP contribution < -0.4 is 15.7 Å². The van der Waals surface area contributed by atoms with E-state index in [0.717, 1.165) is 35.3 Å². The first kappa shape index (κ1) is 19.5. The van der Waals surface area contributed by atoms with Crippen LogP contribution in [0.3, 0.4) is 0 Å². The second-order valence-electron chi connectivity index (χ2n) is 5.78. The molecule has 1 aromatic carbocycles. The van der Waals surface area contributed by atoms with Crippen LogP contribution in [0.5, 0.6) is 5.75 Å². The zero-order valence-corrected chi connectivity index (χ0v) is 16.0. The summed E-state index contributed by atoms with van der Waals surface area (Å²) in [6.45, 7) is 1.71. The summed E-state index contributed by atoms with van der Waals surface area (Å²) in [6, 6.07) is 6.54. The van der Waals surface area contributed by atoms with Crippen LogP contribution in [0.2, 0.25) is 0 Å². The van der Waals surface area contributed by atoms with E-state index in [4.69, 9.17) is 9.15 Å². The van der Waals surface area contributed by atoms with Gasteiger partial charge in [-0.1, -0.05) is 17.8 Å². The predicted molar refractivity (Wildman–Crippen MR) is 102 cm³/mol. The summed E-state index contributed by atoms with van der Waals surface area (Å²) >= 11 is 0.854. The first-order chi connectivity index (χ1) is 13.5. The number of benzene rings is 1. The zero-order valence-electron chi connectivity index (χ0n) is 15.2. The maximum absolute atomic E-state index is 12.1. The van der Waals surface area contributed by atoms with Gasteiger partial charge in [-0.2, -0.15) is 0 Å². The highest BCUT2D eigenvalue weighted by Gasteiger charge is 2.19. The molecule has 28 heavy (non-hydrogen) atoms. The van der Waals surface area contributed by atoms with E-state index in [0.29, 0.717) is 11.3 Å². The van der Waals surface area contributed by atoms with Crippen molar-refractivity contribution in [2.75, 3.05) is 19.0 Å². The average Bonchev–Trinajstić information content (AvgIpc) is 3.13. The van der Waals surface area contributed by atoms with Gasteiger partial charge in [-0.15, -0.1) is 5.10 Å². The molecule has 0 unspecified atom stereocenters. The number of ether oxygens (including phenoxy) is 2. The Morgan fingerprint density at radius 2 is 2.11 bits per heavy atom. The Labute approximate surface area is 163 Å². The number of esters is 1. The SMILES string of the molecule is CCCc1cc(=O)oc2cc(OCC(=O)Nc3snnc3C(=O)OC)ccc12. The molecule has 0 spiro atoms. The number of aryl methyl sites for hydroxylation is 1. The Morgan fingerprint density at radius 3 is 2.86 bits per heavy atom. The van der Waals surface area contributed by atoms with Gasteiger partial charge >= 0.3 is 11.6 Å². The first-order valence-electron chi connectivity index (χ1n) is 8.42. The number of amides is 1. The Bertz CT molecular complexity index is 1070. The molecule has 0 saturated carbocycles. The van der Waals surface area contributed by atoms with Crippen molar-refractivity contribution in [3.8, 4) is 5.75 Å². The number of hydrogen-bond donors (Lipinski definition) is 1. The fourth-order valence-corrected chi connectivity index (χ4v) is 3.16. The van der Waals surface area contributed by atoms with Crippen LogP contribution >= 0.6 is 11.5 Å². The molecule has 2 heterocycles. The molecule has 3 aromatic rings. The number of carbonyl (C=O) groups excluding carboxylic acids is 2. The van der Waals surface area contributed by atoms with E-state index < -0.39 is 17.5 Å². The van der Waals surface area contributed by atoms with E-state index in [2.05, 4.69) is 19.6 Å². The molecule has 0 aliphatic heterocycles. The largest absolute Gasteiger partial charge is 0.484 e. The molecule has 146 valence electrons. The van der Waals surface area contributed by atoms with E-state index in [-0.39, 0.29) is 17.3 Å². The van der Waals surface area contributed by atoms with Crippen molar-refractivity contribution in [2.24, 2.45) is 0 Å². The van der Waals surface area contributed by atoms with Crippen LogP contribution in [0.15, 0.2) is 33.5 Å². The third kappa shape index (κ3) is 4.34. The summed E-state index contributed by atoms with van der Waals surface area (Å²) in [5, 5.41) is 7.13. The molecule has 0 aliphatic carbocycles. The Kier molecular flexibility index (Phi) is 5.99. The van der Waals surface area contributed by atoms with Crippen LogP contribution in [0.4, 0.5) is 5.00 Å². The highest BCUT2D eigenvalue weighted by molar-refractivity contribution is 7.10. The molecule has 0 bridgehead atoms. The Balaban J connectivity index is 1.70. The molecule has 10 heteroatoms. The van der Waals surface area contributed by atoms with E-state index in [9.17, 15) is 14.4 Å². The summed E-state index contributed by atoms with van der Waals surface area (Å²) in [4.78, 5) is 35.4. The molecule has 0 atom stereocenters. The predicted octanol–water partition coefficient (Wildman–Crippen LogP) is 2.40. The molecule has 1 amide bonds. The fourth-order valence-electron chi connectivity index (χ4n) is 2.59. The maximum Gasteiger partial charge on any atom is 0.361 e. The van der Waals surface area contributed by atoms with Gasteiger partial charge in [0.25, 0.3) is 5.91 Å². The van der Waals surface area contributed by atoms with Crippen molar-refractivity contribution in [2.45, 2.75) is 19.8 Å². The van der Waals surface area contributed by atoms with Gasteiger partial charge in [0, 0.05) is 29.1 Å². The maximum atomic E-state index is 12.1. The van der Waals surface area contributed by atoms with Crippen molar-refractivity contribution in [1.82, 2.24) is 9.59 Å². The molecule has 0 aliphatic rings. The standard InChI is InChI=1S/C18H17N3O6S/c1-3-4-10-7-15(23)27-13-8-11(5-6-12(10)13)26-9-14(22)19-17-16(18(24)25-2)20-21-28-17/h5-8H,3-4,9H2,1-2H3,(H,19,22). The third-order valence-corrected chi connectivity index (χ3v) is 4.45. The smallest absolute Gasteiger partial charge is 0.361 e. The first-order valence-corrected chi connectivity index (χ1v) is 9.19. The number of anilines is 1. The second-order valence-corrected chi connectivity index (χ2v) is 6.53. The van der Waals surface area contributed by atoms with Crippen LogP contribution in [0.1, 0.15) is 29.4 Å². The van der Waals surface area contributed by atoms with Crippen LogP contribution in [0, 0.1) is 0 Å². The van der Waals surface area contributed by atoms with Crippen molar-refractivity contribution in [3.63, 3.8) is 0 Å². The molecule has 3 rings (SSSR count). The minimum Gasteiger partial charge on any atom is -0.484 e. The number of fused-ring (bicyclic) bond motifs is 1. The van der Waals surface area contributed by atoms with E-state index >= 15 is 0 Å². The molecular weight excluding hydrogens is 386 g/mol. The topological polar surface area (TPSA) is 121 Å². The van der Waals surface area contributed by atoms with Crippen LogP contribution in [-0.2, 0) is 16.0 Å². The highest BCUT2D eigenvalue weighted by Crippen LogP contribution is 2.24. The second kappa shape index (κ2) is 8.61. The summed E-state index contributed by atoms with van der Waals surface area (Å²) in [7, 11) is 1.21. The third-order valence-electron chi connectivity index (χ3n) is 3.81. The summed E-state index contributed by atoms with van der Waals surface area (Å²) in [5.74, 6) is -0.829. The van der Waals surface area contributed by atoms with Gasteiger partial charge in [-0.25, -0.2) is 9.59 Å². The van der Waals surface area contributed by atoms with E-state index in [1.165, 1.54) is 13.2 Å². The summed E-state index contributed by atoms with van der Waals surface area (Å²) in [5.41, 5.74) is 0.801. The Hall–Kier alpha value is -3.27. The van der Waals surface area contributed by atoms with Gasteiger partial charge in [0.2, 0.25) is 5.69 Å². The molecule has 9 nitrogen and oxygen atoms in total. The van der Waals surface area contributed by atoms with Gasteiger partial charge in [-0.05, 0) is 24.1 Å². The van der Waals surface area contributed by atoms with Gasteiger partial charge in [0.05, 0.1) is 7.11 Å². The fraction of sp³-hybridized carbons (Fsp3) is 0.278.